The lowest BCUT2D eigenvalue weighted by molar-refractivity contribution is -0.687. The summed E-state index contributed by atoms with van der Waals surface area (Å²) in [5.41, 5.74) is 4.45. The van der Waals surface area contributed by atoms with Gasteiger partial charge in [-0.3, -0.25) is 4.68 Å². The van der Waals surface area contributed by atoms with Gasteiger partial charge in [0, 0.05) is 30.3 Å². The number of nitrogens with one attached hydrogen (secondary N) is 1. The largest absolute Gasteiger partial charge is 1.00 e. The Kier molecular flexibility index (Phi) is 5.21. The molecule has 4 aromatic heterocycles. The minimum Gasteiger partial charge on any atom is -1.00 e. The Morgan fingerprint density at radius 3 is 2.62 bits per heavy atom. The number of rotatable bonds is 3. The number of hydrogen-bond acceptors (Lipinski definition) is 2. The van der Waals surface area contributed by atoms with Crippen LogP contribution in [0.1, 0.15) is 5.56 Å². The number of H-pyrrole nitrogens is 1. The molecule has 0 unspecified atom stereocenters. The molecule has 1 aromatic carbocycles. The summed E-state index contributed by atoms with van der Waals surface area (Å²) >= 11 is 12.8. The monoisotopic (exact) mass is 443 g/mol. The number of fused-ring (bicyclic) bond motifs is 3. The molecule has 5 rings (SSSR count). The van der Waals surface area contributed by atoms with E-state index in [0.29, 0.717) is 10.7 Å². The van der Waals surface area contributed by atoms with E-state index in [-0.39, 0.29) is 17.6 Å². The number of aromatic nitrogens is 5. The molecule has 0 aliphatic carbocycles. The van der Waals surface area contributed by atoms with Crippen molar-refractivity contribution >= 4 is 45.0 Å². The molecule has 0 bridgehead atoms. The van der Waals surface area contributed by atoms with Crippen molar-refractivity contribution in [2.75, 3.05) is 0 Å². The third kappa shape index (κ3) is 3.46. The van der Waals surface area contributed by atoms with Gasteiger partial charge in [-0.15, -0.1) is 0 Å². The summed E-state index contributed by atoms with van der Waals surface area (Å²) in [6.45, 7) is 0.775. The van der Waals surface area contributed by atoms with Gasteiger partial charge in [-0.2, -0.15) is 5.10 Å². The molecular formula is C21H16Cl3N5. The predicted molar refractivity (Wildman–Crippen MR) is 112 cm³/mol. The highest BCUT2D eigenvalue weighted by molar-refractivity contribution is 6.45. The molecule has 29 heavy (non-hydrogen) atoms. The van der Waals surface area contributed by atoms with E-state index in [1.165, 1.54) is 5.56 Å². The normalized spacial score (nSPS) is 11.1. The summed E-state index contributed by atoms with van der Waals surface area (Å²) in [5, 5.41) is 7.14. The van der Waals surface area contributed by atoms with E-state index in [0.717, 1.165) is 34.0 Å². The van der Waals surface area contributed by atoms with Crippen molar-refractivity contribution in [2.24, 2.45) is 7.05 Å². The van der Waals surface area contributed by atoms with E-state index in [9.17, 15) is 0 Å². The van der Waals surface area contributed by atoms with Crippen LogP contribution in [-0.4, -0.2) is 19.7 Å². The third-order valence-corrected chi connectivity index (χ3v) is 5.55. The van der Waals surface area contributed by atoms with E-state index in [1.807, 2.05) is 49.8 Å². The average Bonchev–Trinajstić information content (AvgIpc) is 3.29. The highest BCUT2D eigenvalue weighted by atomic mass is 35.5. The van der Waals surface area contributed by atoms with Crippen molar-refractivity contribution in [1.29, 1.82) is 0 Å². The van der Waals surface area contributed by atoms with Crippen molar-refractivity contribution in [3.8, 4) is 11.4 Å². The Balaban J connectivity index is 0.00000205. The van der Waals surface area contributed by atoms with E-state index >= 15 is 0 Å². The van der Waals surface area contributed by atoms with Crippen LogP contribution >= 0.6 is 23.2 Å². The molecule has 0 radical (unpaired) electrons. The SMILES string of the molecule is Cn1ccc(-c2nc(Cl)c(Cl)c3[nH]c4cc[n+](Cc5ccccc5)cc4c23)n1.[Cl-]. The number of pyridine rings is 2. The molecule has 0 spiro atoms. The van der Waals surface area contributed by atoms with Crippen LogP contribution in [0.2, 0.25) is 10.2 Å². The Bertz CT molecular complexity index is 1320. The summed E-state index contributed by atoms with van der Waals surface area (Å²) < 4.78 is 3.89. The Morgan fingerprint density at radius 2 is 1.90 bits per heavy atom. The van der Waals surface area contributed by atoms with Crippen LogP contribution in [-0.2, 0) is 13.6 Å². The number of halogens is 3. The predicted octanol–water partition coefficient (Wildman–Crippen LogP) is 1.76. The molecule has 1 N–H and O–H groups in total. The van der Waals surface area contributed by atoms with Gasteiger partial charge < -0.3 is 17.4 Å². The number of nitrogens with zero attached hydrogens (tertiary/aromatic N) is 4. The Hall–Kier alpha value is -2.60. The molecule has 5 nitrogen and oxygen atoms in total. The first kappa shape index (κ1) is 19.7. The van der Waals surface area contributed by atoms with Gasteiger partial charge in [-0.1, -0.05) is 53.5 Å². The van der Waals surface area contributed by atoms with Gasteiger partial charge in [0.1, 0.15) is 16.4 Å². The van der Waals surface area contributed by atoms with Crippen LogP contribution in [0, 0.1) is 0 Å². The highest BCUT2D eigenvalue weighted by Crippen LogP contribution is 2.38. The number of hydrogen-bond donors (Lipinski definition) is 1. The maximum Gasteiger partial charge on any atom is 0.179 e. The quantitative estimate of drug-likeness (QED) is 0.341. The first-order chi connectivity index (χ1) is 13.6. The molecule has 0 amide bonds. The summed E-state index contributed by atoms with van der Waals surface area (Å²) in [6, 6.07) is 14.3. The van der Waals surface area contributed by atoms with Crippen molar-refractivity contribution in [2.45, 2.75) is 6.54 Å². The molecule has 8 heteroatoms. The Morgan fingerprint density at radius 1 is 1.10 bits per heavy atom. The maximum absolute atomic E-state index is 6.47. The van der Waals surface area contributed by atoms with Crippen LogP contribution in [0.5, 0.6) is 0 Å². The van der Waals surface area contributed by atoms with E-state index in [4.69, 9.17) is 23.2 Å². The molecule has 0 saturated heterocycles. The maximum atomic E-state index is 6.47. The zero-order valence-corrected chi connectivity index (χ0v) is 17.7. The second-order valence-electron chi connectivity index (χ2n) is 6.74. The van der Waals surface area contributed by atoms with Crippen molar-refractivity contribution < 1.29 is 17.0 Å². The fraction of sp³-hybridized carbons (Fsp3) is 0.0952. The lowest BCUT2D eigenvalue weighted by Crippen LogP contribution is -3.00. The second kappa shape index (κ2) is 7.67. The van der Waals surface area contributed by atoms with E-state index in [2.05, 4.69) is 38.0 Å². The summed E-state index contributed by atoms with van der Waals surface area (Å²) in [6.07, 6.45) is 6.05. The molecule has 0 saturated carbocycles. The third-order valence-electron chi connectivity index (χ3n) is 4.81. The van der Waals surface area contributed by atoms with Crippen LogP contribution in [0.15, 0.2) is 61.1 Å². The first-order valence-electron chi connectivity index (χ1n) is 8.83. The number of benzene rings is 1. The molecule has 0 fully saturated rings. The average molecular weight is 445 g/mol. The van der Waals surface area contributed by atoms with E-state index in [1.54, 1.807) is 4.68 Å². The highest BCUT2D eigenvalue weighted by Gasteiger charge is 2.21. The van der Waals surface area contributed by atoms with Crippen LogP contribution in [0.4, 0.5) is 0 Å². The molecule has 0 aliphatic rings. The lowest BCUT2D eigenvalue weighted by atomic mass is 10.1. The smallest absolute Gasteiger partial charge is 0.179 e. The molecular weight excluding hydrogens is 429 g/mol. The zero-order valence-electron chi connectivity index (χ0n) is 15.4. The van der Waals surface area contributed by atoms with Crippen molar-refractivity contribution in [3.05, 3.63) is 76.8 Å². The minimum absolute atomic E-state index is 0. The Labute approximate surface area is 183 Å². The lowest BCUT2D eigenvalue weighted by Gasteiger charge is -2.04. The van der Waals surface area contributed by atoms with E-state index < -0.39 is 0 Å². The van der Waals surface area contributed by atoms with Gasteiger partial charge in [-0.05, 0) is 6.07 Å². The van der Waals surface area contributed by atoms with Gasteiger partial charge in [-0.25, -0.2) is 9.55 Å². The summed E-state index contributed by atoms with van der Waals surface area (Å²) in [5.74, 6) is 0. The minimum atomic E-state index is 0. The van der Waals surface area contributed by atoms with Crippen LogP contribution < -0.4 is 17.0 Å². The first-order valence-corrected chi connectivity index (χ1v) is 9.59. The van der Waals surface area contributed by atoms with Gasteiger partial charge in [0.05, 0.1) is 16.4 Å². The zero-order chi connectivity index (χ0) is 19.3. The van der Waals surface area contributed by atoms with Gasteiger partial charge >= 0.3 is 0 Å². The number of aromatic amines is 1. The summed E-state index contributed by atoms with van der Waals surface area (Å²) in [7, 11) is 1.88. The van der Waals surface area contributed by atoms with Gasteiger partial charge in [0.25, 0.3) is 0 Å². The molecule has 0 atom stereocenters. The van der Waals surface area contributed by atoms with Crippen LogP contribution in [0.25, 0.3) is 33.2 Å². The molecule has 0 aliphatic heterocycles. The fourth-order valence-corrected chi connectivity index (χ4v) is 3.88. The number of aryl methyl sites for hydroxylation is 1. The molecule has 146 valence electrons. The molecule has 4 heterocycles. The van der Waals surface area contributed by atoms with Crippen molar-refractivity contribution in [1.82, 2.24) is 19.7 Å². The van der Waals surface area contributed by atoms with Gasteiger partial charge in [0.2, 0.25) is 0 Å². The van der Waals surface area contributed by atoms with Gasteiger partial charge in [0.15, 0.2) is 24.1 Å². The summed E-state index contributed by atoms with van der Waals surface area (Å²) in [4.78, 5) is 7.94. The molecule has 5 aromatic rings. The second-order valence-corrected chi connectivity index (χ2v) is 7.48. The topological polar surface area (TPSA) is 50.4 Å². The standard InChI is InChI=1S/C21H15Cl2N5.ClH/c1-27-9-7-16(26-27)19-17-14-12-28(11-13-5-3-2-4-6-13)10-8-15(14)24-20(17)18(22)21(23)25-19;/h2-10,12H,11H2,1H3;1H. The van der Waals surface area contributed by atoms with Crippen molar-refractivity contribution in [3.63, 3.8) is 0 Å². The van der Waals surface area contributed by atoms with Crippen LogP contribution in [0.3, 0.4) is 0 Å². The fourth-order valence-electron chi connectivity index (χ4n) is 3.51.